The van der Waals surface area contributed by atoms with E-state index in [2.05, 4.69) is 15.1 Å². The Bertz CT molecular complexity index is 1270. The number of nitrogens with zero attached hydrogens (tertiary/aromatic N) is 2. The SMILES string of the molecule is COc1ccc2[nH]c3c(=O)n(/N=C/c4ccc(Cl)cc4)c(=O)[nH]c3c2c1. The molecule has 0 unspecified atom stereocenters. The number of aromatic amines is 2. The van der Waals surface area contributed by atoms with Gasteiger partial charge in [0, 0.05) is 15.9 Å². The number of rotatable bonds is 3. The number of fused-ring (bicyclic) bond motifs is 3. The Kier molecular flexibility index (Phi) is 3.85. The molecule has 26 heavy (non-hydrogen) atoms. The average Bonchev–Trinajstić information content (AvgIpc) is 3.01. The fourth-order valence-corrected chi connectivity index (χ4v) is 2.85. The standard InChI is InChI=1S/C18H13ClN4O3/c1-26-12-6-7-14-13(8-12)15-16(21-14)17(24)23(18(25)22-15)20-9-10-2-4-11(19)5-3-10/h2-9,21H,1H3,(H,22,25)/b20-9+. The predicted octanol–water partition coefficient (Wildman–Crippen LogP) is 2.72. The highest BCUT2D eigenvalue weighted by molar-refractivity contribution is 6.30. The first-order valence-corrected chi connectivity index (χ1v) is 8.09. The second kappa shape index (κ2) is 6.20. The van der Waals surface area contributed by atoms with E-state index in [4.69, 9.17) is 16.3 Å². The summed E-state index contributed by atoms with van der Waals surface area (Å²) in [5.41, 5.74) is 0.948. The summed E-state index contributed by atoms with van der Waals surface area (Å²) in [4.78, 5) is 30.8. The summed E-state index contributed by atoms with van der Waals surface area (Å²) >= 11 is 5.84. The first-order valence-electron chi connectivity index (χ1n) is 7.71. The summed E-state index contributed by atoms with van der Waals surface area (Å²) in [6.07, 6.45) is 1.42. The maximum atomic E-state index is 12.7. The third-order valence-corrected chi connectivity index (χ3v) is 4.28. The van der Waals surface area contributed by atoms with Crippen molar-refractivity contribution in [3.05, 3.63) is 73.9 Å². The Balaban J connectivity index is 1.89. The normalized spacial score (nSPS) is 11.6. The van der Waals surface area contributed by atoms with Crippen LogP contribution in [0.4, 0.5) is 0 Å². The number of halogens is 1. The van der Waals surface area contributed by atoms with Crippen molar-refractivity contribution in [2.45, 2.75) is 0 Å². The van der Waals surface area contributed by atoms with Crippen molar-refractivity contribution in [2.75, 3.05) is 7.11 Å². The number of aromatic nitrogens is 3. The quantitative estimate of drug-likeness (QED) is 0.544. The summed E-state index contributed by atoms with van der Waals surface area (Å²) < 4.78 is 5.98. The molecule has 2 N–H and O–H groups in total. The molecule has 0 spiro atoms. The molecule has 0 amide bonds. The van der Waals surface area contributed by atoms with Crippen LogP contribution in [0.3, 0.4) is 0 Å². The number of hydrogen-bond donors (Lipinski definition) is 2. The molecule has 8 heteroatoms. The monoisotopic (exact) mass is 368 g/mol. The molecule has 0 saturated carbocycles. The van der Waals surface area contributed by atoms with Crippen LogP contribution < -0.4 is 16.0 Å². The lowest BCUT2D eigenvalue weighted by Gasteiger charge is -1.99. The molecule has 0 bridgehead atoms. The zero-order chi connectivity index (χ0) is 18.3. The van der Waals surface area contributed by atoms with Crippen molar-refractivity contribution in [1.82, 2.24) is 14.6 Å². The Labute approximate surface area is 151 Å². The maximum absolute atomic E-state index is 12.7. The van der Waals surface area contributed by atoms with E-state index in [0.29, 0.717) is 32.8 Å². The highest BCUT2D eigenvalue weighted by atomic mass is 35.5. The highest BCUT2D eigenvalue weighted by Gasteiger charge is 2.13. The van der Waals surface area contributed by atoms with E-state index < -0.39 is 11.2 Å². The molecule has 0 aliphatic rings. The lowest BCUT2D eigenvalue weighted by atomic mass is 10.2. The van der Waals surface area contributed by atoms with E-state index in [1.807, 2.05) is 0 Å². The molecule has 0 aliphatic heterocycles. The Morgan fingerprint density at radius 3 is 2.58 bits per heavy atom. The van der Waals surface area contributed by atoms with Gasteiger partial charge in [-0.3, -0.25) is 4.79 Å². The highest BCUT2D eigenvalue weighted by Crippen LogP contribution is 2.25. The van der Waals surface area contributed by atoms with Gasteiger partial charge in [-0.1, -0.05) is 23.7 Å². The molecule has 2 aromatic carbocycles. The molecular formula is C18H13ClN4O3. The van der Waals surface area contributed by atoms with E-state index in [-0.39, 0.29) is 5.52 Å². The zero-order valence-electron chi connectivity index (χ0n) is 13.6. The summed E-state index contributed by atoms with van der Waals surface area (Å²) in [7, 11) is 1.55. The number of nitrogens with one attached hydrogen (secondary N) is 2. The number of ether oxygens (including phenoxy) is 1. The summed E-state index contributed by atoms with van der Waals surface area (Å²) in [5, 5.41) is 5.29. The van der Waals surface area contributed by atoms with Gasteiger partial charge in [0.15, 0.2) is 0 Å². The molecule has 2 aromatic heterocycles. The van der Waals surface area contributed by atoms with Gasteiger partial charge in [-0.2, -0.15) is 5.10 Å². The number of hydrogen-bond acceptors (Lipinski definition) is 4. The van der Waals surface area contributed by atoms with Gasteiger partial charge in [0.05, 0.1) is 18.8 Å². The van der Waals surface area contributed by atoms with Crippen LogP contribution in [0.5, 0.6) is 5.75 Å². The van der Waals surface area contributed by atoms with Crippen LogP contribution in [-0.4, -0.2) is 28.0 Å². The maximum Gasteiger partial charge on any atom is 0.350 e. The van der Waals surface area contributed by atoms with Crippen molar-refractivity contribution >= 4 is 39.8 Å². The minimum atomic E-state index is -0.628. The van der Waals surface area contributed by atoms with E-state index in [9.17, 15) is 9.59 Å². The summed E-state index contributed by atoms with van der Waals surface area (Å²) in [6, 6.07) is 12.2. The molecule has 0 radical (unpaired) electrons. The van der Waals surface area contributed by atoms with Crippen LogP contribution in [0.2, 0.25) is 5.02 Å². The van der Waals surface area contributed by atoms with Crippen molar-refractivity contribution < 1.29 is 4.74 Å². The van der Waals surface area contributed by atoms with Crippen molar-refractivity contribution in [3.8, 4) is 5.75 Å². The van der Waals surface area contributed by atoms with E-state index in [1.165, 1.54) is 6.21 Å². The van der Waals surface area contributed by atoms with Crippen LogP contribution in [-0.2, 0) is 0 Å². The Morgan fingerprint density at radius 2 is 1.85 bits per heavy atom. The van der Waals surface area contributed by atoms with Crippen LogP contribution in [0.25, 0.3) is 21.9 Å². The predicted molar refractivity (Wildman–Crippen MR) is 102 cm³/mol. The fraction of sp³-hybridized carbons (Fsp3) is 0.0556. The molecule has 130 valence electrons. The summed E-state index contributed by atoms with van der Waals surface area (Å²) in [5.74, 6) is 0.629. The van der Waals surface area contributed by atoms with Gasteiger partial charge in [0.1, 0.15) is 11.3 Å². The minimum absolute atomic E-state index is 0.265. The molecule has 4 aromatic rings. The van der Waals surface area contributed by atoms with Crippen LogP contribution in [0.1, 0.15) is 5.56 Å². The van der Waals surface area contributed by atoms with Gasteiger partial charge in [-0.15, -0.1) is 4.68 Å². The van der Waals surface area contributed by atoms with E-state index in [1.54, 1.807) is 49.6 Å². The molecule has 0 aliphatic carbocycles. The van der Waals surface area contributed by atoms with Gasteiger partial charge in [0.2, 0.25) is 0 Å². The smallest absolute Gasteiger partial charge is 0.350 e. The molecule has 2 heterocycles. The largest absolute Gasteiger partial charge is 0.497 e. The van der Waals surface area contributed by atoms with Crippen molar-refractivity contribution in [2.24, 2.45) is 5.10 Å². The lowest BCUT2D eigenvalue weighted by molar-refractivity contribution is 0.415. The second-order valence-corrected chi connectivity index (χ2v) is 6.07. The molecule has 0 atom stereocenters. The minimum Gasteiger partial charge on any atom is -0.497 e. The number of benzene rings is 2. The molecule has 4 rings (SSSR count). The number of H-pyrrole nitrogens is 2. The van der Waals surface area contributed by atoms with E-state index in [0.717, 1.165) is 4.68 Å². The van der Waals surface area contributed by atoms with E-state index >= 15 is 0 Å². The fourth-order valence-electron chi connectivity index (χ4n) is 2.72. The third-order valence-electron chi connectivity index (χ3n) is 4.03. The topological polar surface area (TPSA) is 92.2 Å². The Morgan fingerprint density at radius 1 is 1.08 bits per heavy atom. The van der Waals surface area contributed by atoms with Gasteiger partial charge < -0.3 is 14.7 Å². The van der Waals surface area contributed by atoms with Crippen molar-refractivity contribution in [1.29, 1.82) is 0 Å². The average molecular weight is 369 g/mol. The second-order valence-electron chi connectivity index (χ2n) is 5.63. The first-order chi connectivity index (χ1) is 12.6. The third kappa shape index (κ3) is 2.68. The molecule has 7 nitrogen and oxygen atoms in total. The first kappa shape index (κ1) is 16.2. The van der Waals surface area contributed by atoms with Gasteiger partial charge in [-0.05, 0) is 35.9 Å². The van der Waals surface area contributed by atoms with Crippen LogP contribution >= 0.6 is 11.6 Å². The summed E-state index contributed by atoms with van der Waals surface area (Å²) in [6.45, 7) is 0. The van der Waals surface area contributed by atoms with Crippen LogP contribution in [0, 0.1) is 0 Å². The molecule has 0 saturated heterocycles. The Hall–Kier alpha value is -3.32. The van der Waals surface area contributed by atoms with Gasteiger partial charge in [-0.25, -0.2) is 4.79 Å². The molecular weight excluding hydrogens is 356 g/mol. The van der Waals surface area contributed by atoms with Gasteiger partial charge >= 0.3 is 11.2 Å². The zero-order valence-corrected chi connectivity index (χ0v) is 14.4. The number of methoxy groups -OCH3 is 1. The molecule has 0 fully saturated rings. The lowest BCUT2D eigenvalue weighted by Crippen LogP contribution is -2.32. The van der Waals surface area contributed by atoms with Crippen molar-refractivity contribution in [3.63, 3.8) is 0 Å². The van der Waals surface area contributed by atoms with Gasteiger partial charge in [0.25, 0.3) is 0 Å². The van der Waals surface area contributed by atoms with Crippen LogP contribution in [0.15, 0.2) is 57.2 Å².